The molecule has 0 N–H and O–H groups in total. The van der Waals surface area contributed by atoms with Crippen molar-refractivity contribution in [2.75, 3.05) is 18.0 Å². The maximum Gasteiger partial charge on any atom is 0.146 e. The highest BCUT2D eigenvalue weighted by molar-refractivity contribution is 6.17. The molecule has 1 aliphatic rings. The lowest BCUT2D eigenvalue weighted by atomic mass is 9.89. The fourth-order valence-electron chi connectivity index (χ4n) is 3.03. The Balaban J connectivity index is 2.18. The molecular formula is C16H23ClFN. The summed E-state index contributed by atoms with van der Waals surface area (Å²) in [6.45, 7) is 6.45. The second kappa shape index (κ2) is 6.60. The van der Waals surface area contributed by atoms with Crippen molar-refractivity contribution in [3.63, 3.8) is 0 Å². The smallest absolute Gasteiger partial charge is 0.146 e. The molecule has 0 aromatic heterocycles. The van der Waals surface area contributed by atoms with Crippen LogP contribution in [0, 0.1) is 17.7 Å². The first-order valence-electron chi connectivity index (χ1n) is 7.21. The number of benzene rings is 1. The molecule has 1 atom stereocenters. The van der Waals surface area contributed by atoms with Crippen molar-refractivity contribution in [2.24, 2.45) is 11.8 Å². The Labute approximate surface area is 120 Å². The summed E-state index contributed by atoms with van der Waals surface area (Å²) in [6.07, 6.45) is 3.53. The molecule has 1 fully saturated rings. The van der Waals surface area contributed by atoms with Gasteiger partial charge < -0.3 is 4.90 Å². The van der Waals surface area contributed by atoms with Gasteiger partial charge in [0.05, 0.1) is 5.69 Å². The molecular weight excluding hydrogens is 261 g/mol. The average molecular weight is 284 g/mol. The van der Waals surface area contributed by atoms with Crippen molar-refractivity contribution in [2.45, 2.75) is 39.0 Å². The van der Waals surface area contributed by atoms with Crippen molar-refractivity contribution >= 4 is 17.3 Å². The SMILES string of the molecule is CC(C)C1CCCN(c2c(F)cccc2CCl)CC1. The summed E-state index contributed by atoms with van der Waals surface area (Å²) in [6, 6.07) is 5.21. The Morgan fingerprint density at radius 2 is 2.11 bits per heavy atom. The maximum atomic E-state index is 14.1. The van der Waals surface area contributed by atoms with Crippen LogP contribution in [-0.2, 0) is 5.88 Å². The highest BCUT2D eigenvalue weighted by Gasteiger charge is 2.22. The molecule has 0 radical (unpaired) electrons. The van der Waals surface area contributed by atoms with Crippen LogP contribution in [-0.4, -0.2) is 13.1 Å². The lowest BCUT2D eigenvalue weighted by molar-refractivity contribution is 0.351. The molecule has 0 bridgehead atoms. The van der Waals surface area contributed by atoms with Gasteiger partial charge >= 0.3 is 0 Å². The molecule has 0 saturated carbocycles. The molecule has 3 heteroatoms. The van der Waals surface area contributed by atoms with Gasteiger partial charge in [-0.1, -0.05) is 26.0 Å². The van der Waals surface area contributed by atoms with E-state index >= 15 is 0 Å². The number of alkyl halides is 1. The average Bonchev–Trinajstić information content (AvgIpc) is 2.64. The summed E-state index contributed by atoms with van der Waals surface area (Å²) in [5.41, 5.74) is 1.63. The first-order valence-corrected chi connectivity index (χ1v) is 7.75. The van der Waals surface area contributed by atoms with E-state index in [4.69, 9.17) is 11.6 Å². The van der Waals surface area contributed by atoms with Crippen molar-refractivity contribution in [3.8, 4) is 0 Å². The zero-order valence-electron chi connectivity index (χ0n) is 11.8. The van der Waals surface area contributed by atoms with E-state index in [0.29, 0.717) is 11.8 Å². The summed E-state index contributed by atoms with van der Waals surface area (Å²) >= 11 is 5.95. The molecule has 1 saturated heterocycles. The Morgan fingerprint density at radius 3 is 2.79 bits per heavy atom. The predicted molar refractivity (Wildman–Crippen MR) is 80.3 cm³/mol. The molecule has 1 aliphatic heterocycles. The molecule has 1 heterocycles. The molecule has 0 spiro atoms. The molecule has 19 heavy (non-hydrogen) atoms. The highest BCUT2D eigenvalue weighted by atomic mass is 35.5. The fraction of sp³-hybridized carbons (Fsp3) is 0.625. The Hall–Kier alpha value is -0.760. The predicted octanol–water partition coefficient (Wildman–Crippen LogP) is 4.83. The van der Waals surface area contributed by atoms with Gasteiger partial charge in [0.2, 0.25) is 0 Å². The molecule has 2 rings (SSSR count). The Kier molecular flexibility index (Phi) is 5.09. The van der Waals surface area contributed by atoms with Crippen LogP contribution >= 0.6 is 11.6 Å². The first-order chi connectivity index (χ1) is 9.13. The van der Waals surface area contributed by atoms with Gasteiger partial charge in [-0.05, 0) is 42.7 Å². The van der Waals surface area contributed by atoms with Crippen LogP contribution in [0.4, 0.5) is 10.1 Å². The van der Waals surface area contributed by atoms with Gasteiger partial charge in [-0.2, -0.15) is 0 Å². The van der Waals surface area contributed by atoms with Gasteiger partial charge in [0.15, 0.2) is 0 Å². The van der Waals surface area contributed by atoms with E-state index < -0.39 is 0 Å². The number of nitrogens with zero attached hydrogens (tertiary/aromatic N) is 1. The molecule has 1 aromatic rings. The van der Waals surface area contributed by atoms with E-state index in [0.717, 1.165) is 43.1 Å². The fourth-order valence-corrected chi connectivity index (χ4v) is 3.25. The summed E-state index contributed by atoms with van der Waals surface area (Å²) in [5, 5.41) is 0. The summed E-state index contributed by atoms with van der Waals surface area (Å²) in [5.74, 6) is 1.71. The monoisotopic (exact) mass is 283 g/mol. The Morgan fingerprint density at radius 1 is 1.32 bits per heavy atom. The van der Waals surface area contributed by atoms with E-state index in [1.165, 1.54) is 12.5 Å². The zero-order chi connectivity index (χ0) is 13.8. The molecule has 1 unspecified atom stereocenters. The van der Waals surface area contributed by atoms with E-state index in [1.807, 2.05) is 6.07 Å². The second-order valence-electron chi connectivity index (χ2n) is 5.80. The normalized spacial score (nSPS) is 20.7. The van der Waals surface area contributed by atoms with Crippen LogP contribution in [0.15, 0.2) is 18.2 Å². The minimum Gasteiger partial charge on any atom is -0.369 e. The van der Waals surface area contributed by atoms with Crippen molar-refractivity contribution in [3.05, 3.63) is 29.6 Å². The van der Waals surface area contributed by atoms with Gasteiger partial charge in [-0.3, -0.25) is 0 Å². The number of para-hydroxylation sites is 1. The van der Waals surface area contributed by atoms with Gasteiger partial charge in [-0.15, -0.1) is 11.6 Å². The Bertz CT molecular complexity index is 419. The van der Waals surface area contributed by atoms with Gasteiger partial charge in [-0.25, -0.2) is 4.39 Å². The minimum absolute atomic E-state index is 0.138. The zero-order valence-corrected chi connectivity index (χ0v) is 12.6. The number of anilines is 1. The third kappa shape index (κ3) is 3.42. The van der Waals surface area contributed by atoms with Gasteiger partial charge in [0, 0.05) is 19.0 Å². The van der Waals surface area contributed by atoms with Crippen molar-refractivity contribution < 1.29 is 4.39 Å². The van der Waals surface area contributed by atoms with Crippen molar-refractivity contribution in [1.29, 1.82) is 0 Å². The van der Waals surface area contributed by atoms with Crippen LogP contribution in [0.25, 0.3) is 0 Å². The first kappa shape index (κ1) is 14.6. The molecule has 1 aromatic carbocycles. The largest absolute Gasteiger partial charge is 0.369 e. The quantitative estimate of drug-likeness (QED) is 0.719. The molecule has 1 nitrogen and oxygen atoms in total. The van der Waals surface area contributed by atoms with Crippen LogP contribution in [0.3, 0.4) is 0 Å². The standard InChI is InChI=1S/C16H23ClFN/c1-12(2)13-6-4-9-19(10-8-13)16-14(11-17)5-3-7-15(16)18/h3,5,7,12-13H,4,6,8-11H2,1-2H3. The number of rotatable bonds is 3. The minimum atomic E-state index is -0.138. The number of hydrogen-bond acceptors (Lipinski definition) is 1. The molecule has 0 amide bonds. The van der Waals surface area contributed by atoms with E-state index in [-0.39, 0.29) is 5.82 Å². The summed E-state index contributed by atoms with van der Waals surface area (Å²) in [4.78, 5) is 2.19. The van der Waals surface area contributed by atoms with Crippen LogP contribution in [0.5, 0.6) is 0 Å². The molecule has 106 valence electrons. The van der Waals surface area contributed by atoms with Gasteiger partial charge in [0.1, 0.15) is 5.82 Å². The third-order valence-electron chi connectivity index (χ3n) is 4.25. The summed E-state index contributed by atoms with van der Waals surface area (Å²) < 4.78 is 14.1. The van der Waals surface area contributed by atoms with E-state index in [2.05, 4.69) is 18.7 Å². The maximum absolute atomic E-state index is 14.1. The van der Waals surface area contributed by atoms with Crippen LogP contribution in [0.1, 0.15) is 38.7 Å². The van der Waals surface area contributed by atoms with Crippen LogP contribution in [0.2, 0.25) is 0 Å². The highest BCUT2D eigenvalue weighted by Crippen LogP contribution is 2.31. The number of hydrogen-bond donors (Lipinski definition) is 0. The van der Waals surface area contributed by atoms with Crippen LogP contribution < -0.4 is 4.90 Å². The lowest BCUT2D eigenvalue weighted by Crippen LogP contribution is -2.26. The topological polar surface area (TPSA) is 3.24 Å². The second-order valence-corrected chi connectivity index (χ2v) is 6.07. The van der Waals surface area contributed by atoms with Gasteiger partial charge in [0.25, 0.3) is 0 Å². The third-order valence-corrected chi connectivity index (χ3v) is 4.53. The molecule has 0 aliphatic carbocycles. The lowest BCUT2D eigenvalue weighted by Gasteiger charge is -2.26. The summed E-state index contributed by atoms with van der Waals surface area (Å²) in [7, 11) is 0. The van der Waals surface area contributed by atoms with Crippen molar-refractivity contribution in [1.82, 2.24) is 0 Å². The van der Waals surface area contributed by atoms with E-state index in [9.17, 15) is 4.39 Å². The van der Waals surface area contributed by atoms with E-state index in [1.54, 1.807) is 6.07 Å². The number of halogens is 2.